The fourth-order valence-electron chi connectivity index (χ4n) is 4.40. The van der Waals surface area contributed by atoms with Crippen LogP contribution in [0.1, 0.15) is 57.8 Å². The summed E-state index contributed by atoms with van der Waals surface area (Å²) in [5.74, 6) is -2.09. The molecular formula is C30H33F3O3. The van der Waals surface area contributed by atoms with Crippen molar-refractivity contribution in [2.75, 3.05) is 19.8 Å². The highest BCUT2D eigenvalue weighted by Crippen LogP contribution is 2.34. The summed E-state index contributed by atoms with van der Waals surface area (Å²) in [5, 5.41) is 0. The van der Waals surface area contributed by atoms with Gasteiger partial charge in [-0.3, -0.25) is 0 Å². The first-order valence-corrected chi connectivity index (χ1v) is 12.8. The third-order valence-corrected chi connectivity index (χ3v) is 6.46. The Balaban J connectivity index is 1.44. The zero-order valence-electron chi connectivity index (χ0n) is 20.9. The minimum Gasteiger partial charge on any atom is -0.490 e. The Morgan fingerprint density at radius 3 is 2.08 bits per heavy atom. The lowest BCUT2D eigenvalue weighted by atomic mass is 9.98. The van der Waals surface area contributed by atoms with Crippen molar-refractivity contribution in [3.05, 3.63) is 77.6 Å². The molecule has 4 rings (SSSR count). The summed E-state index contributed by atoms with van der Waals surface area (Å²) in [5.41, 5.74) is 2.30. The van der Waals surface area contributed by atoms with E-state index < -0.39 is 23.7 Å². The molecule has 1 aliphatic heterocycles. The summed E-state index contributed by atoms with van der Waals surface area (Å²) in [6.45, 7) is 5.61. The number of benzene rings is 3. The molecule has 0 amide bonds. The van der Waals surface area contributed by atoms with E-state index in [1.54, 1.807) is 36.4 Å². The maximum absolute atomic E-state index is 15.0. The van der Waals surface area contributed by atoms with Gasteiger partial charge in [0.15, 0.2) is 17.9 Å². The Morgan fingerprint density at radius 2 is 1.44 bits per heavy atom. The summed E-state index contributed by atoms with van der Waals surface area (Å²) in [6, 6.07) is 14.6. The Labute approximate surface area is 211 Å². The van der Waals surface area contributed by atoms with E-state index >= 15 is 4.39 Å². The van der Waals surface area contributed by atoms with Crippen LogP contribution < -0.4 is 4.74 Å². The van der Waals surface area contributed by atoms with Crippen molar-refractivity contribution in [1.82, 2.24) is 0 Å². The Kier molecular flexibility index (Phi) is 9.05. The van der Waals surface area contributed by atoms with Crippen molar-refractivity contribution in [1.29, 1.82) is 0 Å². The summed E-state index contributed by atoms with van der Waals surface area (Å²) in [6.07, 6.45) is 4.77. The summed E-state index contributed by atoms with van der Waals surface area (Å²) in [7, 11) is 0. The lowest BCUT2D eigenvalue weighted by Crippen LogP contribution is -2.27. The van der Waals surface area contributed by atoms with E-state index in [1.165, 1.54) is 37.5 Å². The number of rotatable bonds is 10. The molecule has 192 valence electrons. The number of halogens is 3. The summed E-state index contributed by atoms with van der Waals surface area (Å²) in [4.78, 5) is 0. The van der Waals surface area contributed by atoms with Gasteiger partial charge in [-0.25, -0.2) is 8.78 Å². The molecular weight excluding hydrogens is 465 g/mol. The standard InChI is InChI=1S/C30H33F3O3/c1-3-5-6-7-20-18-35-30(36-19-20)23-12-13-24(26(31)17-23)21-8-10-22(11-9-21)25-14-15-27(34-16-4-2)29(33)28(25)32/h8-15,17,20,30H,3-7,16,18-19H2,1-2H3. The van der Waals surface area contributed by atoms with Gasteiger partial charge in [-0.2, -0.15) is 4.39 Å². The maximum atomic E-state index is 15.0. The second-order valence-corrected chi connectivity index (χ2v) is 9.26. The number of hydrogen-bond donors (Lipinski definition) is 0. The predicted molar refractivity (Wildman–Crippen MR) is 135 cm³/mol. The van der Waals surface area contributed by atoms with E-state index in [9.17, 15) is 8.78 Å². The van der Waals surface area contributed by atoms with Crippen molar-refractivity contribution in [2.24, 2.45) is 5.92 Å². The van der Waals surface area contributed by atoms with Gasteiger partial charge in [0.2, 0.25) is 5.82 Å². The molecule has 0 aliphatic carbocycles. The molecule has 3 aromatic carbocycles. The van der Waals surface area contributed by atoms with Crippen LogP contribution in [0.2, 0.25) is 0 Å². The predicted octanol–water partition coefficient (Wildman–Crippen LogP) is 8.47. The molecule has 0 bridgehead atoms. The molecule has 1 aliphatic rings. The van der Waals surface area contributed by atoms with Crippen LogP contribution >= 0.6 is 0 Å². The number of hydrogen-bond acceptors (Lipinski definition) is 3. The lowest BCUT2D eigenvalue weighted by Gasteiger charge is -2.29. The van der Waals surface area contributed by atoms with E-state index in [4.69, 9.17) is 14.2 Å². The van der Waals surface area contributed by atoms with Crippen LogP contribution in [0.5, 0.6) is 5.75 Å². The minimum atomic E-state index is -1.01. The normalized spacial score (nSPS) is 17.8. The Morgan fingerprint density at radius 1 is 0.778 bits per heavy atom. The van der Waals surface area contributed by atoms with Crippen molar-refractivity contribution >= 4 is 0 Å². The van der Waals surface area contributed by atoms with Crippen molar-refractivity contribution in [2.45, 2.75) is 52.2 Å². The average Bonchev–Trinajstić information content (AvgIpc) is 2.90. The second kappa shape index (κ2) is 12.4. The topological polar surface area (TPSA) is 27.7 Å². The minimum absolute atomic E-state index is 0.102. The van der Waals surface area contributed by atoms with E-state index in [2.05, 4.69) is 6.92 Å². The fourth-order valence-corrected chi connectivity index (χ4v) is 4.40. The molecule has 0 spiro atoms. The fraction of sp³-hybridized carbons (Fsp3) is 0.400. The van der Waals surface area contributed by atoms with Gasteiger partial charge in [-0.05, 0) is 42.2 Å². The first kappa shape index (κ1) is 26.2. The van der Waals surface area contributed by atoms with Crippen molar-refractivity contribution in [3.8, 4) is 28.0 Å². The molecule has 0 radical (unpaired) electrons. The van der Waals surface area contributed by atoms with Crippen LogP contribution in [0, 0.1) is 23.4 Å². The quantitative estimate of drug-likeness (QED) is 0.262. The smallest absolute Gasteiger partial charge is 0.201 e. The Bertz CT molecular complexity index is 1140. The van der Waals surface area contributed by atoms with Gasteiger partial charge in [-0.1, -0.05) is 69.5 Å². The van der Waals surface area contributed by atoms with Crippen LogP contribution in [0.25, 0.3) is 22.3 Å². The molecule has 0 unspecified atom stereocenters. The molecule has 36 heavy (non-hydrogen) atoms. The molecule has 1 fully saturated rings. The molecule has 3 nitrogen and oxygen atoms in total. The van der Waals surface area contributed by atoms with Crippen molar-refractivity contribution < 1.29 is 27.4 Å². The van der Waals surface area contributed by atoms with Gasteiger partial charge in [0.05, 0.1) is 19.8 Å². The average molecular weight is 499 g/mol. The Hall–Kier alpha value is -2.83. The molecule has 6 heteroatoms. The van der Waals surface area contributed by atoms with E-state index in [0.717, 1.165) is 6.42 Å². The SMILES string of the molecule is CCCCCC1COC(c2ccc(-c3ccc(-c4ccc(OCCC)c(F)c4F)cc3)c(F)c2)OC1. The van der Waals surface area contributed by atoms with Crippen LogP contribution in [-0.2, 0) is 9.47 Å². The third-order valence-electron chi connectivity index (χ3n) is 6.46. The number of ether oxygens (including phenoxy) is 3. The van der Waals surface area contributed by atoms with Gasteiger partial charge in [0, 0.05) is 22.6 Å². The van der Waals surface area contributed by atoms with E-state index in [-0.39, 0.29) is 11.3 Å². The van der Waals surface area contributed by atoms with Crippen LogP contribution in [0.4, 0.5) is 13.2 Å². The number of unbranched alkanes of at least 4 members (excludes halogenated alkanes) is 2. The largest absolute Gasteiger partial charge is 0.490 e. The first-order valence-electron chi connectivity index (χ1n) is 12.8. The molecule has 0 saturated carbocycles. The first-order chi connectivity index (χ1) is 17.5. The highest BCUT2D eigenvalue weighted by Gasteiger charge is 2.24. The molecule has 1 saturated heterocycles. The van der Waals surface area contributed by atoms with Crippen LogP contribution in [-0.4, -0.2) is 19.8 Å². The van der Waals surface area contributed by atoms with E-state index in [0.29, 0.717) is 54.4 Å². The highest BCUT2D eigenvalue weighted by atomic mass is 19.2. The summed E-state index contributed by atoms with van der Waals surface area (Å²) < 4.78 is 61.0. The summed E-state index contributed by atoms with van der Waals surface area (Å²) >= 11 is 0. The highest BCUT2D eigenvalue weighted by molar-refractivity contribution is 5.71. The van der Waals surface area contributed by atoms with Gasteiger partial charge in [-0.15, -0.1) is 0 Å². The molecule has 1 heterocycles. The molecule has 3 aromatic rings. The van der Waals surface area contributed by atoms with Gasteiger partial charge < -0.3 is 14.2 Å². The van der Waals surface area contributed by atoms with Crippen LogP contribution in [0.3, 0.4) is 0 Å². The molecule has 0 aromatic heterocycles. The molecule has 0 N–H and O–H groups in total. The lowest BCUT2D eigenvalue weighted by molar-refractivity contribution is -0.206. The van der Waals surface area contributed by atoms with Crippen molar-refractivity contribution in [3.63, 3.8) is 0 Å². The van der Waals surface area contributed by atoms with Gasteiger partial charge >= 0.3 is 0 Å². The maximum Gasteiger partial charge on any atom is 0.201 e. The van der Waals surface area contributed by atoms with E-state index in [1.807, 2.05) is 6.92 Å². The van der Waals surface area contributed by atoms with Crippen LogP contribution in [0.15, 0.2) is 54.6 Å². The zero-order chi connectivity index (χ0) is 25.5. The third kappa shape index (κ3) is 6.11. The van der Waals surface area contributed by atoms with Gasteiger partial charge in [0.1, 0.15) is 5.82 Å². The second-order valence-electron chi connectivity index (χ2n) is 9.26. The van der Waals surface area contributed by atoms with Gasteiger partial charge in [0.25, 0.3) is 0 Å². The monoisotopic (exact) mass is 498 g/mol. The molecule has 0 atom stereocenters. The zero-order valence-corrected chi connectivity index (χ0v) is 20.9.